The Kier molecular flexibility index (Phi) is 5.97. The number of para-hydroxylation sites is 1. The Balaban J connectivity index is 2.14. The third kappa shape index (κ3) is 4.38. The highest BCUT2D eigenvalue weighted by atomic mass is 32.2. The maximum absolute atomic E-state index is 13.3. The number of pyridine rings is 1. The molecule has 1 aliphatic heterocycles. The molecule has 2 aromatic rings. The third-order valence-electron chi connectivity index (χ3n) is 4.40. The lowest BCUT2D eigenvalue weighted by Gasteiger charge is -2.24. The van der Waals surface area contributed by atoms with Gasteiger partial charge in [-0.15, -0.1) is 0 Å². The van der Waals surface area contributed by atoms with Crippen LogP contribution in [0.25, 0.3) is 0 Å². The molecule has 0 fully saturated rings. The van der Waals surface area contributed by atoms with Gasteiger partial charge in [-0.3, -0.25) is 10.4 Å². The smallest absolute Gasteiger partial charge is 0.356 e. The Morgan fingerprint density at radius 3 is 2.37 bits per heavy atom. The fraction of sp³-hybridized carbons (Fsp3) is 0.200. The normalized spacial score (nSPS) is 15.9. The van der Waals surface area contributed by atoms with Crippen LogP contribution in [0.4, 0.5) is 0 Å². The van der Waals surface area contributed by atoms with Crippen molar-refractivity contribution >= 4 is 16.0 Å². The van der Waals surface area contributed by atoms with E-state index in [0.29, 0.717) is 5.70 Å². The minimum absolute atomic E-state index is 0.0629. The fourth-order valence-electron chi connectivity index (χ4n) is 2.96. The molecule has 0 saturated carbocycles. The Bertz CT molecular complexity index is 1100. The molecule has 9 nitrogen and oxygen atoms in total. The monoisotopic (exact) mass is 428 g/mol. The second kappa shape index (κ2) is 8.46. The highest BCUT2D eigenvalue weighted by molar-refractivity contribution is 7.91. The van der Waals surface area contributed by atoms with E-state index in [1.54, 1.807) is 54.9 Å². The lowest BCUT2D eigenvalue weighted by molar-refractivity contribution is 0.419. The molecule has 1 aliphatic rings. The number of benzene rings is 1. The van der Waals surface area contributed by atoms with E-state index in [1.807, 2.05) is 13.8 Å². The van der Waals surface area contributed by atoms with Crippen LogP contribution in [0.5, 0.6) is 5.75 Å². The van der Waals surface area contributed by atoms with Crippen LogP contribution in [0.3, 0.4) is 0 Å². The summed E-state index contributed by atoms with van der Waals surface area (Å²) in [5.41, 5.74) is 12.8. The van der Waals surface area contributed by atoms with Gasteiger partial charge >= 0.3 is 10.1 Å². The van der Waals surface area contributed by atoms with Gasteiger partial charge < -0.3 is 25.9 Å². The number of hydrogen-bond donors (Lipinski definition) is 4. The molecule has 0 amide bonds. The molecule has 0 saturated heterocycles. The van der Waals surface area contributed by atoms with Crippen LogP contribution in [-0.4, -0.2) is 24.1 Å². The van der Waals surface area contributed by atoms with E-state index in [1.165, 1.54) is 4.90 Å². The standard InChI is InChI=1S/C20H24N6O3S/c1-13(2)17-20(30(27,28)29-15-6-4-3-5-7-15)26(12-14-8-10-24-11-9-14)19(25-17)16(21)18(22)23/h3-11,13,25H,12,21H2,1-2H3,(H3,22,23). The number of amidine groups is 1. The zero-order chi connectivity index (χ0) is 21.9. The zero-order valence-corrected chi connectivity index (χ0v) is 17.5. The number of nitrogens with one attached hydrogen (secondary N) is 2. The third-order valence-corrected chi connectivity index (χ3v) is 5.72. The summed E-state index contributed by atoms with van der Waals surface area (Å²) in [6.07, 6.45) is 3.22. The van der Waals surface area contributed by atoms with Crippen LogP contribution in [0, 0.1) is 11.3 Å². The van der Waals surface area contributed by atoms with E-state index in [2.05, 4.69) is 10.3 Å². The second-order valence-corrected chi connectivity index (χ2v) is 8.43. The van der Waals surface area contributed by atoms with Crippen molar-refractivity contribution < 1.29 is 12.6 Å². The van der Waals surface area contributed by atoms with Crippen molar-refractivity contribution in [3.63, 3.8) is 0 Å². The molecule has 3 rings (SSSR count). The summed E-state index contributed by atoms with van der Waals surface area (Å²) in [6, 6.07) is 11.8. The first kappa shape index (κ1) is 21.2. The molecule has 30 heavy (non-hydrogen) atoms. The zero-order valence-electron chi connectivity index (χ0n) is 16.7. The number of aromatic nitrogens is 1. The molecule has 1 aromatic heterocycles. The number of hydrogen-bond acceptors (Lipinski definition) is 8. The minimum atomic E-state index is -4.24. The van der Waals surface area contributed by atoms with Crippen molar-refractivity contribution in [1.82, 2.24) is 15.2 Å². The molecule has 10 heteroatoms. The first-order valence-electron chi connectivity index (χ1n) is 9.22. The first-order chi connectivity index (χ1) is 14.2. The van der Waals surface area contributed by atoms with Crippen molar-refractivity contribution in [1.29, 1.82) is 5.41 Å². The molecule has 0 spiro atoms. The highest BCUT2D eigenvalue weighted by Gasteiger charge is 2.40. The van der Waals surface area contributed by atoms with Crippen LogP contribution in [-0.2, 0) is 16.7 Å². The van der Waals surface area contributed by atoms with Crippen molar-refractivity contribution in [3.05, 3.63) is 82.7 Å². The van der Waals surface area contributed by atoms with Gasteiger partial charge in [0.15, 0.2) is 5.03 Å². The maximum atomic E-state index is 13.3. The van der Waals surface area contributed by atoms with E-state index < -0.39 is 10.1 Å². The molecule has 2 heterocycles. The minimum Gasteiger partial charge on any atom is -0.393 e. The van der Waals surface area contributed by atoms with E-state index in [4.69, 9.17) is 21.1 Å². The quantitative estimate of drug-likeness (QED) is 0.296. The van der Waals surface area contributed by atoms with E-state index in [-0.39, 0.29) is 40.6 Å². The molecule has 6 N–H and O–H groups in total. The van der Waals surface area contributed by atoms with Crippen LogP contribution in [0.1, 0.15) is 19.4 Å². The highest BCUT2D eigenvalue weighted by Crippen LogP contribution is 2.34. The molecule has 0 aliphatic carbocycles. The molecule has 0 radical (unpaired) electrons. The van der Waals surface area contributed by atoms with Crippen LogP contribution in [0.2, 0.25) is 0 Å². The molecular formula is C20H24N6O3S. The fourth-order valence-corrected chi connectivity index (χ4v) is 4.39. The van der Waals surface area contributed by atoms with Crippen LogP contribution < -0.4 is 21.0 Å². The first-order valence-corrected chi connectivity index (χ1v) is 10.6. The Morgan fingerprint density at radius 2 is 1.80 bits per heavy atom. The number of nitrogens with zero attached hydrogens (tertiary/aromatic N) is 2. The van der Waals surface area contributed by atoms with Crippen LogP contribution in [0.15, 0.2) is 77.1 Å². The SMILES string of the molecule is CC(C)C1=C(S(=O)(=O)Oc2ccccc2)N(Cc2ccncc2)C(=C(N)C(=N)N)N1. The summed E-state index contributed by atoms with van der Waals surface area (Å²) in [5.74, 6) is -0.165. The van der Waals surface area contributed by atoms with E-state index in [9.17, 15) is 8.42 Å². The summed E-state index contributed by atoms with van der Waals surface area (Å²) in [7, 11) is -4.24. The van der Waals surface area contributed by atoms with Gasteiger partial charge in [-0.1, -0.05) is 32.0 Å². The van der Waals surface area contributed by atoms with Gasteiger partial charge in [0.2, 0.25) is 0 Å². The number of allylic oxidation sites excluding steroid dienone is 1. The van der Waals surface area contributed by atoms with Crippen molar-refractivity contribution in [2.75, 3.05) is 0 Å². The lowest BCUT2D eigenvalue weighted by Crippen LogP contribution is -2.33. The predicted molar refractivity (Wildman–Crippen MR) is 114 cm³/mol. The number of rotatable bonds is 7. The molecule has 0 atom stereocenters. The molecule has 1 aromatic carbocycles. The number of nitrogens with two attached hydrogens (primary N) is 2. The summed E-state index contributed by atoms with van der Waals surface area (Å²) in [4.78, 5) is 5.46. The second-order valence-electron chi connectivity index (χ2n) is 6.97. The summed E-state index contributed by atoms with van der Waals surface area (Å²) < 4.78 is 32.1. The Hall–Kier alpha value is -3.53. The summed E-state index contributed by atoms with van der Waals surface area (Å²) in [6.45, 7) is 3.84. The maximum Gasteiger partial charge on any atom is 0.356 e. The topological polar surface area (TPSA) is 147 Å². The van der Waals surface area contributed by atoms with Gasteiger partial charge in [0.05, 0.1) is 12.2 Å². The average Bonchev–Trinajstić information content (AvgIpc) is 3.09. The summed E-state index contributed by atoms with van der Waals surface area (Å²) >= 11 is 0. The van der Waals surface area contributed by atoms with Gasteiger partial charge in [0, 0.05) is 12.4 Å². The lowest BCUT2D eigenvalue weighted by atomic mass is 10.1. The Labute approximate surface area is 175 Å². The predicted octanol–water partition coefficient (Wildman–Crippen LogP) is 1.78. The average molecular weight is 429 g/mol. The molecule has 0 bridgehead atoms. The van der Waals surface area contributed by atoms with Crippen molar-refractivity contribution in [2.24, 2.45) is 17.4 Å². The van der Waals surface area contributed by atoms with Gasteiger partial charge in [-0.25, -0.2) is 0 Å². The van der Waals surface area contributed by atoms with Gasteiger partial charge in [0.1, 0.15) is 23.1 Å². The Morgan fingerprint density at radius 1 is 1.17 bits per heavy atom. The van der Waals surface area contributed by atoms with Gasteiger partial charge in [-0.05, 0) is 35.7 Å². The summed E-state index contributed by atoms with van der Waals surface area (Å²) in [5, 5.41) is 10.7. The van der Waals surface area contributed by atoms with E-state index >= 15 is 0 Å². The molecule has 158 valence electrons. The van der Waals surface area contributed by atoms with Crippen molar-refractivity contribution in [2.45, 2.75) is 20.4 Å². The van der Waals surface area contributed by atoms with E-state index in [0.717, 1.165) is 5.56 Å². The molecular weight excluding hydrogens is 404 g/mol. The van der Waals surface area contributed by atoms with Gasteiger partial charge in [0.25, 0.3) is 0 Å². The van der Waals surface area contributed by atoms with Crippen molar-refractivity contribution in [3.8, 4) is 5.75 Å². The van der Waals surface area contributed by atoms with Crippen LogP contribution >= 0.6 is 0 Å². The van der Waals surface area contributed by atoms with Gasteiger partial charge in [-0.2, -0.15) is 8.42 Å². The largest absolute Gasteiger partial charge is 0.393 e. The molecule has 0 unspecified atom stereocenters.